The predicted molar refractivity (Wildman–Crippen MR) is 89.5 cm³/mol. The quantitative estimate of drug-likeness (QED) is 0.777. The van der Waals surface area contributed by atoms with Crippen LogP contribution in [0.4, 0.5) is 4.39 Å². The molecule has 0 aliphatic carbocycles. The van der Waals surface area contributed by atoms with Gasteiger partial charge in [0.2, 0.25) is 0 Å². The number of hydrogen-bond donors (Lipinski definition) is 0. The number of benzene rings is 1. The number of halogens is 2. The van der Waals surface area contributed by atoms with E-state index in [4.69, 9.17) is 16.3 Å². The van der Waals surface area contributed by atoms with Crippen molar-refractivity contribution in [3.8, 4) is 0 Å². The van der Waals surface area contributed by atoms with Gasteiger partial charge in [-0.25, -0.2) is 4.39 Å². The fraction of sp³-hybridized carbons (Fsp3) is 0.529. The molecule has 1 aromatic carbocycles. The van der Waals surface area contributed by atoms with E-state index in [0.29, 0.717) is 31.7 Å². The van der Waals surface area contributed by atoms with Crippen LogP contribution in [0.5, 0.6) is 0 Å². The highest BCUT2D eigenvalue weighted by molar-refractivity contribution is 6.33. The first kappa shape index (κ1) is 18.7. The van der Waals surface area contributed by atoms with E-state index in [-0.39, 0.29) is 28.9 Å². The average Bonchev–Trinajstić information content (AvgIpc) is 2.54. The number of rotatable bonds is 4. The molecule has 1 fully saturated rings. The molecule has 1 aliphatic rings. The highest BCUT2D eigenvalue weighted by Crippen LogP contribution is 2.21. The predicted octanol–water partition coefficient (Wildman–Crippen LogP) is 2.43. The summed E-state index contributed by atoms with van der Waals surface area (Å²) in [5.74, 6) is -0.837. The summed E-state index contributed by atoms with van der Waals surface area (Å²) in [7, 11) is 1.38. The van der Waals surface area contributed by atoms with Crippen LogP contribution in [0, 0.1) is 11.7 Å². The maximum atomic E-state index is 13.1. The number of ether oxygens (including phenoxy) is 1. The van der Waals surface area contributed by atoms with Crippen molar-refractivity contribution in [1.29, 1.82) is 0 Å². The molecule has 0 aromatic heterocycles. The van der Waals surface area contributed by atoms with Crippen molar-refractivity contribution in [3.05, 3.63) is 34.6 Å². The van der Waals surface area contributed by atoms with Gasteiger partial charge < -0.3 is 9.64 Å². The second-order valence-electron chi connectivity index (χ2n) is 6.16. The van der Waals surface area contributed by atoms with Crippen molar-refractivity contribution in [3.63, 3.8) is 0 Å². The second-order valence-corrected chi connectivity index (χ2v) is 6.57. The lowest BCUT2D eigenvalue weighted by Gasteiger charge is -2.39. The largest absolute Gasteiger partial charge is 0.468 e. The molecule has 1 aromatic rings. The molecule has 1 heterocycles. The van der Waals surface area contributed by atoms with Crippen molar-refractivity contribution in [2.24, 2.45) is 5.92 Å². The highest BCUT2D eigenvalue weighted by Gasteiger charge is 2.33. The molecule has 1 atom stereocenters. The van der Waals surface area contributed by atoms with Crippen molar-refractivity contribution < 1.29 is 18.7 Å². The molecule has 0 spiro atoms. The Morgan fingerprint density at radius 1 is 1.21 bits per heavy atom. The zero-order valence-corrected chi connectivity index (χ0v) is 14.8. The van der Waals surface area contributed by atoms with E-state index >= 15 is 0 Å². The number of carbonyl (C=O) groups is 2. The Morgan fingerprint density at radius 2 is 1.83 bits per heavy atom. The summed E-state index contributed by atoms with van der Waals surface area (Å²) >= 11 is 5.97. The van der Waals surface area contributed by atoms with Crippen LogP contribution in [0.25, 0.3) is 0 Å². The van der Waals surface area contributed by atoms with E-state index < -0.39 is 5.82 Å². The number of piperazine rings is 1. The van der Waals surface area contributed by atoms with Gasteiger partial charge in [0.05, 0.1) is 17.7 Å². The van der Waals surface area contributed by atoms with Crippen LogP contribution in [0.15, 0.2) is 18.2 Å². The summed E-state index contributed by atoms with van der Waals surface area (Å²) < 4.78 is 18.0. The maximum absolute atomic E-state index is 13.1. The Morgan fingerprint density at radius 3 is 2.33 bits per heavy atom. The topological polar surface area (TPSA) is 49.9 Å². The SMILES string of the molecule is COC(=O)[C@@H](C(C)C)N1CCN(C(=O)c2ccc(F)cc2Cl)CC1. The number of carbonyl (C=O) groups excluding carboxylic acids is 2. The van der Waals surface area contributed by atoms with Crippen LogP contribution in [0.2, 0.25) is 5.02 Å². The van der Waals surface area contributed by atoms with Gasteiger partial charge in [-0.05, 0) is 24.1 Å². The summed E-state index contributed by atoms with van der Waals surface area (Å²) in [6, 6.07) is 3.44. The van der Waals surface area contributed by atoms with E-state index in [1.807, 2.05) is 18.7 Å². The third-order valence-electron chi connectivity index (χ3n) is 4.23. The van der Waals surface area contributed by atoms with Crippen molar-refractivity contribution in [2.45, 2.75) is 19.9 Å². The molecule has 0 saturated carbocycles. The zero-order valence-electron chi connectivity index (χ0n) is 14.1. The van der Waals surface area contributed by atoms with Crippen LogP contribution in [0.3, 0.4) is 0 Å². The van der Waals surface area contributed by atoms with Gasteiger partial charge in [-0.2, -0.15) is 0 Å². The Bertz CT molecular complexity index is 616. The molecular weight excluding hydrogens is 335 g/mol. The Balaban J connectivity index is 2.04. The summed E-state index contributed by atoms with van der Waals surface area (Å²) in [5.41, 5.74) is 0.292. The fourth-order valence-electron chi connectivity index (χ4n) is 3.00. The van der Waals surface area contributed by atoms with Crippen LogP contribution >= 0.6 is 11.6 Å². The minimum absolute atomic E-state index is 0.108. The third-order valence-corrected chi connectivity index (χ3v) is 4.54. The van der Waals surface area contributed by atoms with Crippen LogP contribution in [-0.2, 0) is 9.53 Å². The number of methoxy groups -OCH3 is 1. The van der Waals surface area contributed by atoms with Gasteiger partial charge in [-0.15, -0.1) is 0 Å². The zero-order chi connectivity index (χ0) is 17.9. The smallest absolute Gasteiger partial charge is 0.323 e. The van der Waals surface area contributed by atoms with Gasteiger partial charge in [0.15, 0.2) is 0 Å². The molecule has 1 saturated heterocycles. The minimum Gasteiger partial charge on any atom is -0.468 e. The van der Waals surface area contributed by atoms with Gasteiger partial charge in [-0.3, -0.25) is 14.5 Å². The summed E-state index contributed by atoms with van der Waals surface area (Å²) in [6.45, 7) is 6.04. The fourth-order valence-corrected chi connectivity index (χ4v) is 3.25. The van der Waals surface area contributed by atoms with E-state index in [2.05, 4.69) is 0 Å². The lowest BCUT2D eigenvalue weighted by Crippen LogP contribution is -2.55. The Kier molecular flexibility index (Phi) is 6.18. The molecule has 132 valence electrons. The maximum Gasteiger partial charge on any atom is 0.323 e. The molecule has 0 N–H and O–H groups in total. The standard InChI is InChI=1S/C17H22ClFN2O3/c1-11(2)15(17(23)24-3)20-6-8-21(9-7-20)16(22)13-5-4-12(19)10-14(13)18/h4-5,10-11,15H,6-9H2,1-3H3/t15-/m1/s1. The summed E-state index contributed by atoms with van der Waals surface area (Å²) in [5, 5.41) is 0.108. The molecule has 24 heavy (non-hydrogen) atoms. The van der Waals surface area contributed by atoms with Crippen LogP contribution in [-0.4, -0.2) is 61.0 Å². The van der Waals surface area contributed by atoms with Crippen LogP contribution < -0.4 is 0 Å². The number of esters is 1. The number of hydrogen-bond acceptors (Lipinski definition) is 4. The first-order valence-electron chi connectivity index (χ1n) is 7.91. The van der Waals surface area contributed by atoms with E-state index in [1.165, 1.54) is 19.2 Å². The van der Waals surface area contributed by atoms with Crippen molar-refractivity contribution >= 4 is 23.5 Å². The van der Waals surface area contributed by atoms with Crippen molar-refractivity contribution in [2.75, 3.05) is 33.3 Å². The van der Waals surface area contributed by atoms with E-state index in [0.717, 1.165) is 6.07 Å². The van der Waals surface area contributed by atoms with E-state index in [1.54, 1.807) is 4.90 Å². The molecular formula is C17H22ClFN2O3. The van der Waals surface area contributed by atoms with Gasteiger partial charge >= 0.3 is 5.97 Å². The molecule has 0 bridgehead atoms. The van der Waals surface area contributed by atoms with Crippen molar-refractivity contribution in [1.82, 2.24) is 9.80 Å². The first-order valence-corrected chi connectivity index (χ1v) is 8.29. The van der Waals surface area contributed by atoms with Gasteiger partial charge in [0, 0.05) is 26.2 Å². The second kappa shape index (κ2) is 7.94. The summed E-state index contributed by atoms with van der Waals surface area (Å²) in [6.07, 6.45) is 0. The molecule has 1 aliphatic heterocycles. The Hall–Kier alpha value is -1.66. The molecule has 5 nitrogen and oxygen atoms in total. The Labute approximate surface area is 146 Å². The minimum atomic E-state index is -0.473. The third kappa shape index (κ3) is 4.05. The monoisotopic (exact) mass is 356 g/mol. The highest BCUT2D eigenvalue weighted by atomic mass is 35.5. The van der Waals surface area contributed by atoms with Gasteiger partial charge in [-0.1, -0.05) is 25.4 Å². The molecule has 0 radical (unpaired) electrons. The number of amides is 1. The normalized spacial score (nSPS) is 17.0. The average molecular weight is 357 g/mol. The van der Waals surface area contributed by atoms with E-state index in [9.17, 15) is 14.0 Å². The molecule has 0 unspecified atom stereocenters. The van der Waals surface area contributed by atoms with Gasteiger partial charge in [0.1, 0.15) is 11.9 Å². The molecule has 1 amide bonds. The lowest BCUT2D eigenvalue weighted by atomic mass is 10.0. The number of nitrogens with zero attached hydrogens (tertiary/aromatic N) is 2. The first-order chi connectivity index (χ1) is 11.3. The molecule has 7 heteroatoms. The summed E-state index contributed by atoms with van der Waals surface area (Å²) in [4.78, 5) is 28.2. The molecule has 2 rings (SSSR count). The van der Waals surface area contributed by atoms with Gasteiger partial charge in [0.25, 0.3) is 5.91 Å². The lowest BCUT2D eigenvalue weighted by molar-refractivity contribution is -0.149. The van der Waals surface area contributed by atoms with Crippen LogP contribution in [0.1, 0.15) is 24.2 Å².